The Morgan fingerprint density at radius 1 is 0.900 bits per heavy atom. The molecule has 2 amide bonds. The Balaban J connectivity index is 0. The molecule has 10 nitrogen and oxygen atoms in total. The molecule has 172 valence electrons. The van der Waals surface area contributed by atoms with E-state index in [4.69, 9.17) is 20.4 Å². The topological polar surface area (TPSA) is 173 Å². The van der Waals surface area contributed by atoms with Gasteiger partial charge < -0.3 is 31.1 Å². The Morgan fingerprint density at radius 2 is 1.37 bits per heavy atom. The first kappa shape index (κ1) is 30.2. The van der Waals surface area contributed by atoms with Crippen molar-refractivity contribution in [3.63, 3.8) is 0 Å². The summed E-state index contributed by atoms with van der Waals surface area (Å²) in [6, 6.07) is -1.84. The lowest BCUT2D eigenvalue weighted by atomic mass is 10.3. The van der Waals surface area contributed by atoms with Crippen LogP contribution >= 0.6 is 23.5 Å². The van der Waals surface area contributed by atoms with Crippen molar-refractivity contribution in [3.8, 4) is 0 Å². The van der Waals surface area contributed by atoms with E-state index in [0.29, 0.717) is 5.75 Å². The Labute approximate surface area is 184 Å². The molecule has 0 saturated heterocycles. The largest absolute Gasteiger partial charge is 0.480 e. The average molecular weight is 467 g/mol. The highest BCUT2D eigenvalue weighted by Gasteiger charge is 2.20. The molecule has 0 aromatic heterocycles. The van der Waals surface area contributed by atoms with Crippen molar-refractivity contribution in [1.29, 1.82) is 0 Å². The van der Waals surface area contributed by atoms with Crippen molar-refractivity contribution in [1.82, 2.24) is 10.6 Å². The minimum Gasteiger partial charge on any atom is -0.480 e. The minimum atomic E-state index is -1.08. The van der Waals surface area contributed by atoms with Crippen LogP contribution in [0.4, 0.5) is 0 Å². The number of thioether (sulfide) groups is 2. The van der Waals surface area contributed by atoms with E-state index in [9.17, 15) is 19.2 Å². The molecule has 4 atom stereocenters. The van der Waals surface area contributed by atoms with Crippen LogP contribution in [0.15, 0.2) is 25.3 Å². The Bertz CT molecular complexity index is 589. The second-order valence-electron chi connectivity index (χ2n) is 5.81. The molecule has 0 aromatic rings. The summed E-state index contributed by atoms with van der Waals surface area (Å²) in [6.45, 7) is 9.32. The van der Waals surface area contributed by atoms with E-state index in [0.717, 1.165) is 0 Å². The standard InChI is InChI=1S/2C9H15NO4S/c1-3-7(12)4-15-5-8(9(13)14)10-6(2)11;1-3-7(4-11)15-5-8(9(13)14)10-6(2)12/h3,7-8,12H,1,4-5H2,2H3,(H,10,11)(H,13,14);3,7-8,11H,1,4-5H2,2H3,(H,10,12)(H,13,14)/t2*7?,8-/m11/s1. The Kier molecular flexibility index (Phi) is 17.9. The van der Waals surface area contributed by atoms with E-state index < -0.39 is 30.1 Å². The summed E-state index contributed by atoms with van der Waals surface area (Å²) in [7, 11) is 0. The monoisotopic (exact) mass is 466 g/mol. The summed E-state index contributed by atoms with van der Waals surface area (Å²) in [6.07, 6.45) is 2.26. The van der Waals surface area contributed by atoms with Crippen LogP contribution in [0, 0.1) is 0 Å². The van der Waals surface area contributed by atoms with E-state index in [2.05, 4.69) is 23.8 Å². The molecule has 0 fully saturated rings. The molecule has 0 rings (SSSR count). The quantitative estimate of drug-likeness (QED) is 0.187. The van der Waals surface area contributed by atoms with Crippen LogP contribution in [-0.2, 0) is 19.2 Å². The molecule has 0 saturated carbocycles. The summed E-state index contributed by atoms with van der Waals surface area (Å²) in [5.74, 6) is -2.14. The lowest BCUT2D eigenvalue weighted by Gasteiger charge is -2.15. The van der Waals surface area contributed by atoms with Gasteiger partial charge in [-0.2, -0.15) is 11.8 Å². The molecule has 2 unspecified atom stereocenters. The molecular formula is C18H30N2O8S2. The number of carboxylic acids is 2. The van der Waals surface area contributed by atoms with Gasteiger partial charge in [-0.25, -0.2) is 9.59 Å². The van der Waals surface area contributed by atoms with E-state index in [1.807, 2.05) is 0 Å². The minimum absolute atomic E-state index is 0.0966. The molecule has 6 N–H and O–H groups in total. The van der Waals surface area contributed by atoms with Gasteiger partial charge in [-0.3, -0.25) is 9.59 Å². The third kappa shape index (κ3) is 16.9. The number of nitrogens with one attached hydrogen (secondary N) is 2. The van der Waals surface area contributed by atoms with Crippen LogP contribution < -0.4 is 10.6 Å². The molecule has 0 aromatic carbocycles. The van der Waals surface area contributed by atoms with Crippen LogP contribution in [0.3, 0.4) is 0 Å². The number of amides is 2. The van der Waals surface area contributed by atoms with Gasteiger partial charge in [-0.05, 0) is 0 Å². The summed E-state index contributed by atoms with van der Waals surface area (Å²) in [5, 5.41) is 39.9. The molecular weight excluding hydrogens is 436 g/mol. The molecule has 0 bridgehead atoms. The highest BCUT2D eigenvalue weighted by atomic mass is 32.2. The van der Waals surface area contributed by atoms with Crippen LogP contribution in [0.2, 0.25) is 0 Å². The first-order valence-electron chi connectivity index (χ1n) is 8.71. The molecule has 12 heteroatoms. The van der Waals surface area contributed by atoms with E-state index in [-0.39, 0.29) is 35.2 Å². The predicted molar refractivity (Wildman–Crippen MR) is 118 cm³/mol. The van der Waals surface area contributed by atoms with Crippen molar-refractivity contribution in [2.75, 3.05) is 23.9 Å². The summed E-state index contributed by atoms with van der Waals surface area (Å²) >= 11 is 2.48. The van der Waals surface area contributed by atoms with Gasteiger partial charge in [-0.15, -0.1) is 24.9 Å². The fourth-order valence-electron chi connectivity index (χ4n) is 1.63. The van der Waals surface area contributed by atoms with Crippen LogP contribution in [0.1, 0.15) is 13.8 Å². The van der Waals surface area contributed by atoms with Gasteiger partial charge in [0.15, 0.2) is 0 Å². The zero-order chi connectivity index (χ0) is 23.7. The highest BCUT2D eigenvalue weighted by molar-refractivity contribution is 8.00. The second kappa shape index (κ2) is 17.8. The zero-order valence-electron chi connectivity index (χ0n) is 16.9. The first-order chi connectivity index (χ1) is 14.0. The van der Waals surface area contributed by atoms with Gasteiger partial charge in [0.05, 0.1) is 12.7 Å². The molecule has 0 spiro atoms. The number of aliphatic carboxylic acids is 2. The zero-order valence-corrected chi connectivity index (χ0v) is 18.6. The maximum absolute atomic E-state index is 10.7. The number of carbonyl (C=O) groups is 4. The van der Waals surface area contributed by atoms with E-state index in [1.165, 1.54) is 49.5 Å². The maximum atomic E-state index is 10.7. The molecule has 0 aliphatic carbocycles. The van der Waals surface area contributed by atoms with Crippen LogP contribution in [-0.4, -0.2) is 91.5 Å². The van der Waals surface area contributed by atoms with Gasteiger partial charge in [0.1, 0.15) is 12.1 Å². The molecule has 0 aliphatic rings. The second-order valence-corrected chi connectivity index (χ2v) is 8.16. The maximum Gasteiger partial charge on any atom is 0.327 e. The van der Waals surface area contributed by atoms with Crippen molar-refractivity contribution >= 4 is 47.3 Å². The van der Waals surface area contributed by atoms with E-state index in [1.54, 1.807) is 0 Å². The average Bonchev–Trinajstić information content (AvgIpc) is 2.66. The predicted octanol–water partition coefficient (Wildman–Crippen LogP) is -0.288. The van der Waals surface area contributed by atoms with Crippen molar-refractivity contribution in [2.45, 2.75) is 37.3 Å². The molecule has 30 heavy (non-hydrogen) atoms. The number of aliphatic hydroxyl groups excluding tert-OH is 2. The Hall–Kier alpha value is -2.02. The third-order valence-electron chi connectivity index (χ3n) is 3.12. The van der Waals surface area contributed by atoms with Gasteiger partial charge in [0.2, 0.25) is 11.8 Å². The van der Waals surface area contributed by atoms with Crippen molar-refractivity contribution in [2.24, 2.45) is 0 Å². The van der Waals surface area contributed by atoms with Crippen molar-refractivity contribution in [3.05, 3.63) is 25.3 Å². The molecule has 0 aliphatic heterocycles. The number of carboxylic acid groups (broad SMARTS) is 2. The number of hydrogen-bond donors (Lipinski definition) is 6. The number of rotatable bonds is 14. The first-order valence-corrected chi connectivity index (χ1v) is 10.9. The fourth-order valence-corrected chi connectivity index (χ4v) is 3.51. The SMILES string of the molecule is C=CC(CO)SC[C@@H](NC(C)=O)C(=O)O.C=CC(O)CSC[C@@H](NC(C)=O)C(=O)O. The van der Waals surface area contributed by atoms with Crippen LogP contribution in [0.25, 0.3) is 0 Å². The third-order valence-corrected chi connectivity index (χ3v) is 5.56. The van der Waals surface area contributed by atoms with Crippen molar-refractivity contribution < 1.29 is 39.6 Å². The lowest BCUT2D eigenvalue weighted by molar-refractivity contribution is -0.141. The van der Waals surface area contributed by atoms with Gasteiger partial charge in [0.25, 0.3) is 0 Å². The highest BCUT2D eigenvalue weighted by Crippen LogP contribution is 2.12. The number of carbonyl (C=O) groups excluding carboxylic acids is 2. The number of hydrogen-bond acceptors (Lipinski definition) is 8. The molecule has 0 radical (unpaired) electrons. The van der Waals surface area contributed by atoms with Crippen LogP contribution in [0.5, 0.6) is 0 Å². The smallest absolute Gasteiger partial charge is 0.327 e. The fraction of sp³-hybridized carbons (Fsp3) is 0.556. The Morgan fingerprint density at radius 3 is 1.70 bits per heavy atom. The lowest BCUT2D eigenvalue weighted by Crippen LogP contribution is -2.41. The number of aliphatic hydroxyl groups is 2. The van der Waals surface area contributed by atoms with Gasteiger partial charge in [-0.1, -0.05) is 12.2 Å². The van der Waals surface area contributed by atoms with Gasteiger partial charge >= 0.3 is 11.9 Å². The van der Waals surface area contributed by atoms with E-state index >= 15 is 0 Å². The summed E-state index contributed by atoms with van der Waals surface area (Å²) in [5.41, 5.74) is 0. The summed E-state index contributed by atoms with van der Waals surface area (Å²) in [4.78, 5) is 42.7. The summed E-state index contributed by atoms with van der Waals surface area (Å²) < 4.78 is 0. The molecule has 0 heterocycles. The van der Waals surface area contributed by atoms with Gasteiger partial charge in [0, 0.05) is 36.4 Å². The normalized spacial score (nSPS) is 14.0.